The summed E-state index contributed by atoms with van der Waals surface area (Å²) in [6.07, 6.45) is 0. The second kappa shape index (κ2) is 7.81. The summed E-state index contributed by atoms with van der Waals surface area (Å²) >= 11 is 0. The van der Waals surface area contributed by atoms with Crippen LogP contribution in [0.2, 0.25) is 0 Å². The Balaban J connectivity index is 2.02. The summed E-state index contributed by atoms with van der Waals surface area (Å²) in [5, 5.41) is 5.65. The summed E-state index contributed by atoms with van der Waals surface area (Å²) in [5.74, 6) is -0.180. The Morgan fingerprint density at radius 2 is 1.67 bits per heavy atom. The number of aromatic nitrogens is 1. The van der Waals surface area contributed by atoms with E-state index in [9.17, 15) is 9.59 Å². The van der Waals surface area contributed by atoms with Crippen molar-refractivity contribution in [3.8, 4) is 5.69 Å². The van der Waals surface area contributed by atoms with Gasteiger partial charge in [0.25, 0.3) is 5.91 Å². The van der Waals surface area contributed by atoms with Crippen LogP contribution in [0.25, 0.3) is 5.69 Å². The number of hydrogen-bond donors (Lipinski definition) is 2. The Morgan fingerprint density at radius 1 is 1.04 bits per heavy atom. The lowest BCUT2D eigenvalue weighted by Gasteiger charge is -2.10. The monoisotopic (exact) mass is 327 g/mol. The van der Waals surface area contributed by atoms with Gasteiger partial charge >= 0.3 is 0 Å². The van der Waals surface area contributed by atoms with Crippen LogP contribution in [-0.2, 0) is 4.79 Å². The Morgan fingerprint density at radius 3 is 2.29 bits per heavy atom. The Labute approximate surface area is 143 Å². The first kappa shape index (κ1) is 17.8. The van der Waals surface area contributed by atoms with Crippen LogP contribution in [-0.4, -0.2) is 29.5 Å². The van der Waals surface area contributed by atoms with Gasteiger partial charge in [0.1, 0.15) is 0 Å². The predicted molar refractivity (Wildman–Crippen MR) is 95.4 cm³/mol. The molecule has 0 aliphatic carbocycles. The van der Waals surface area contributed by atoms with Gasteiger partial charge < -0.3 is 15.2 Å². The second-order valence-corrected chi connectivity index (χ2v) is 6.16. The van der Waals surface area contributed by atoms with Crippen molar-refractivity contribution in [2.24, 2.45) is 5.92 Å². The number of carbonyl (C=O) groups excluding carboxylic acids is 2. The van der Waals surface area contributed by atoms with Gasteiger partial charge in [-0.15, -0.1) is 0 Å². The van der Waals surface area contributed by atoms with E-state index < -0.39 is 0 Å². The Kier molecular flexibility index (Phi) is 5.79. The lowest BCUT2D eigenvalue weighted by Crippen LogP contribution is -2.36. The third-order valence-corrected chi connectivity index (χ3v) is 3.92. The summed E-state index contributed by atoms with van der Waals surface area (Å²) in [6, 6.07) is 11.9. The van der Waals surface area contributed by atoms with Crippen LogP contribution in [0.1, 0.15) is 35.6 Å². The van der Waals surface area contributed by atoms with Gasteiger partial charge in [0.2, 0.25) is 5.91 Å². The molecule has 0 saturated heterocycles. The molecule has 128 valence electrons. The van der Waals surface area contributed by atoms with Crippen molar-refractivity contribution in [2.45, 2.75) is 27.7 Å². The van der Waals surface area contributed by atoms with E-state index in [0.29, 0.717) is 18.7 Å². The molecule has 1 aromatic heterocycles. The number of hydrogen-bond acceptors (Lipinski definition) is 2. The summed E-state index contributed by atoms with van der Waals surface area (Å²) < 4.78 is 2.06. The summed E-state index contributed by atoms with van der Waals surface area (Å²) in [5.41, 5.74) is 3.61. The number of nitrogens with one attached hydrogen (secondary N) is 2. The van der Waals surface area contributed by atoms with Crippen molar-refractivity contribution in [1.82, 2.24) is 15.2 Å². The lowest BCUT2D eigenvalue weighted by atomic mass is 10.2. The number of rotatable bonds is 6. The molecule has 0 spiro atoms. The van der Waals surface area contributed by atoms with E-state index in [1.165, 1.54) is 0 Å². The molecular weight excluding hydrogens is 302 g/mol. The van der Waals surface area contributed by atoms with Gasteiger partial charge in [0.15, 0.2) is 0 Å². The van der Waals surface area contributed by atoms with Gasteiger partial charge in [-0.05, 0) is 32.0 Å². The topological polar surface area (TPSA) is 63.1 Å². The van der Waals surface area contributed by atoms with Gasteiger partial charge in [0.05, 0.1) is 5.56 Å². The molecule has 2 N–H and O–H groups in total. The zero-order valence-corrected chi connectivity index (χ0v) is 14.7. The van der Waals surface area contributed by atoms with Crippen molar-refractivity contribution in [3.05, 3.63) is 53.3 Å². The van der Waals surface area contributed by atoms with E-state index in [2.05, 4.69) is 15.2 Å². The molecule has 5 heteroatoms. The van der Waals surface area contributed by atoms with Gasteiger partial charge in [0, 0.05) is 36.1 Å². The highest BCUT2D eigenvalue weighted by Gasteiger charge is 2.16. The van der Waals surface area contributed by atoms with Crippen LogP contribution in [0.15, 0.2) is 36.4 Å². The lowest BCUT2D eigenvalue weighted by molar-refractivity contribution is -0.123. The highest BCUT2D eigenvalue weighted by molar-refractivity contribution is 5.96. The first-order valence-corrected chi connectivity index (χ1v) is 8.22. The van der Waals surface area contributed by atoms with Gasteiger partial charge in [-0.2, -0.15) is 0 Å². The molecule has 0 aliphatic heterocycles. The van der Waals surface area contributed by atoms with Crippen molar-refractivity contribution in [3.63, 3.8) is 0 Å². The standard InChI is InChI=1S/C19H25N3O2/c1-13(2)18(23)20-10-11-21-19(24)17-12-14(3)22(15(17)4)16-8-6-5-7-9-16/h5-9,12-13H,10-11H2,1-4H3,(H,20,23)(H,21,24). The molecular formula is C19H25N3O2. The third-order valence-electron chi connectivity index (χ3n) is 3.92. The van der Waals surface area contributed by atoms with Gasteiger partial charge in [-0.1, -0.05) is 32.0 Å². The molecule has 0 saturated carbocycles. The number of benzene rings is 1. The number of aryl methyl sites for hydroxylation is 1. The minimum Gasteiger partial charge on any atom is -0.354 e. The number of nitrogens with zero attached hydrogens (tertiary/aromatic N) is 1. The molecule has 0 aliphatic rings. The first-order chi connectivity index (χ1) is 11.4. The van der Waals surface area contributed by atoms with Crippen LogP contribution >= 0.6 is 0 Å². The van der Waals surface area contributed by atoms with E-state index in [1.54, 1.807) is 0 Å². The maximum atomic E-state index is 12.4. The molecule has 5 nitrogen and oxygen atoms in total. The van der Waals surface area contributed by atoms with Gasteiger partial charge in [-0.25, -0.2) is 0 Å². The van der Waals surface area contributed by atoms with E-state index in [1.807, 2.05) is 64.1 Å². The molecule has 2 rings (SSSR count). The maximum Gasteiger partial charge on any atom is 0.253 e. The van der Waals surface area contributed by atoms with Crippen LogP contribution < -0.4 is 10.6 Å². The van der Waals surface area contributed by atoms with E-state index >= 15 is 0 Å². The number of para-hydroxylation sites is 1. The SMILES string of the molecule is Cc1cc(C(=O)NCCNC(=O)C(C)C)c(C)n1-c1ccccc1. The smallest absolute Gasteiger partial charge is 0.253 e. The van der Waals surface area contributed by atoms with Crippen LogP contribution in [0.5, 0.6) is 0 Å². The fourth-order valence-corrected chi connectivity index (χ4v) is 2.63. The van der Waals surface area contributed by atoms with Crippen LogP contribution in [0.3, 0.4) is 0 Å². The maximum absolute atomic E-state index is 12.4. The molecule has 1 heterocycles. The van der Waals surface area contributed by atoms with Crippen LogP contribution in [0, 0.1) is 19.8 Å². The molecule has 0 radical (unpaired) electrons. The molecule has 24 heavy (non-hydrogen) atoms. The second-order valence-electron chi connectivity index (χ2n) is 6.16. The highest BCUT2D eigenvalue weighted by Crippen LogP contribution is 2.20. The quantitative estimate of drug-likeness (QED) is 0.801. The predicted octanol–water partition coefficient (Wildman–Crippen LogP) is 2.60. The molecule has 0 unspecified atom stereocenters. The van der Waals surface area contributed by atoms with E-state index in [0.717, 1.165) is 17.1 Å². The summed E-state index contributed by atoms with van der Waals surface area (Å²) in [7, 11) is 0. The van der Waals surface area contributed by atoms with Crippen molar-refractivity contribution >= 4 is 11.8 Å². The highest BCUT2D eigenvalue weighted by atomic mass is 16.2. The van der Waals surface area contributed by atoms with Crippen molar-refractivity contribution in [2.75, 3.05) is 13.1 Å². The van der Waals surface area contributed by atoms with Crippen molar-refractivity contribution in [1.29, 1.82) is 0 Å². The summed E-state index contributed by atoms with van der Waals surface area (Å²) in [6.45, 7) is 8.44. The third kappa shape index (κ3) is 4.04. The molecule has 2 aromatic rings. The zero-order valence-electron chi connectivity index (χ0n) is 14.7. The molecule has 1 aromatic carbocycles. The van der Waals surface area contributed by atoms with E-state index in [4.69, 9.17) is 0 Å². The Hall–Kier alpha value is -2.56. The average molecular weight is 327 g/mol. The molecule has 0 bridgehead atoms. The average Bonchev–Trinajstić information content (AvgIpc) is 2.86. The van der Waals surface area contributed by atoms with Gasteiger partial charge in [-0.3, -0.25) is 9.59 Å². The summed E-state index contributed by atoms with van der Waals surface area (Å²) in [4.78, 5) is 23.9. The Bertz CT molecular complexity index is 718. The minimum atomic E-state index is -0.121. The normalized spacial score (nSPS) is 10.7. The molecule has 0 atom stereocenters. The fourth-order valence-electron chi connectivity index (χ4n) is 2.63. The largest absolute Gasteiger partial charge is 0.354 e. The number of amides is 2. The zero-order chi connectivity index (χ0) is 17.7. The van der Waals surface area contributed by atoms with E-state index in [-0.39, 0.29) is 17.7 Å². The first-order valence-electron chi connectivity index (χ1n) is 8.22. The minimum absolute atomic E-state index is 0.00787. The van der Waals surface area contributed by atoms with Crippen molar-refractivity contribution < 1.29 is 9.59 Å². The van der Waals surface area contributed by atoms with Crippen LogP contribution in [0.4, 0.5) is 0 Å². The molecule has 0 fully saturated rings. The molecule has 2 amide bonds. The fraction of sp³-hybridized carbons (Fsp3) is 0.368. The number of carbonyl (C=O) groups is 2.